The van der Waals surface area contributed by atoms with Crippen molar-refractivity contribution in [3.05, 3.63) is 88.0 Å². The third kappa shape index (κ3) is 6.94. The van der Waals surface area contributed by atoms with Crippen molar-refractivity contribution in [2.24, 2.45) is 0 Å². The van der Waals surface area contributed by atoms with Gasteiger partial charge in [0.2, 0.25) is 0 Å². The van der Waals surface area contributed by atoms with Gasteiger partial charge in [-0.25, -0.2) is 4.98 Å². The highest BCUT2D eigenvalue weighted by Gasteiger charge is 2.30. The Kier molecular flexibility index (Phi) is 8.05. The van der Waals surface area contributed by atoms with E-state index in [0.29, 0.717) is 17.9 Å². The van der Waals surface area contributed by atoms with E-state index in [0.717, 1.165) is 17.8 Å². The molecule has 3 rings (SSSR count). The van der Waals surface area contributed by atoms with E-state index in [1.54, 1.807) is 24.1 Å². The van der Waals surface area contributed by atoms with Gasteiger partial charge in [0.1, 0.15) is 5.15 Å². The number of anilines is 1. The number of hydrogen-bond acceptors (Lipinski definition) is 4. The van der Waals surface area contributed by atoms with Crippen LogP contribution in [0.25, 0.3) is 0 Å². The number of alkyl halides is 3. The quantitative estimate of drug-likeness (QED) is 0.380. The van der Waals surface area contributed by atoms with Gasteiger partial charge in [0.05, 0.1) is 11.3 Å². The van der Waals surface area contributed by atoms with Crippen molar-refractivity contribution in [1.82, 2.24) is 14.9 Å². The Labute approximate surface area is 208 Å². The predicted octanol–water partition coefficient (Wildman–Crippen LogP) is 6.37. The summed E-state index contributed by atoms with van der Waals surface area (Å²) in [4.78, 5) is 23.3. The molecule has 0 aliphatic heterocycles. The zero-order valence-corrected chi connectivity index (χ0v) is 20.8. The first-order valence-corrected chi connectivity index (χ1v) is 11.5. The summed E-state index contributed by atoms with van der Waals surface area (Å²) in [6.07, 6.45) is -3.36. The first-order chi connectivity index (χ1) is 16.4. The molecule has 0 aliphatic carbocycles. The van der Waals surface area contributed by atoms with Crippen molar-refractivity contribution in [1.29, 1.82) is 0 Å². The Morgan fingerprint density at radius 2 is 1.66 bits per heavy atom. The van der Waals surface area contributed by atoms with Gasteiger partial charge in [-0.05, 0) is 40.8 Å². The van der Waals surface area contributed by atoms with Gasteiger partial charge < -0.3 is 10.2 Å². The summed E-state index contributed by atoms with van der Waals surface area (Å²) in [5.41, 5.74) is 2.42. The van der Waals surface area contributed by atoms with Crippen molar-refractivity contribution in [2.75, 3.05) is 18.9 Å². The molecule has 0 bridgehead atoms. The maximum atomic E-state index is 13.5. The number of nitrogens with one attached hydrogen (secondary N) is 1. The first-order valence-electron chi connectivity index (χ1n) is 11.1. The topological polar surface area (TPSA) is 58.1 Å². The van der Waals surface area contributed by atoms with E-state index in [9.17, 15) is 18.0 Å². The molecule has 3 aromatic rings. The summed E-state index contributed by atoms with van der Waals surface area (Å²) in [6.45, 7) is 6.90. The minimum absolute atomic E-state index is 0.00527. The Bertz CT molecular complexity index is 1160. The highest BCUT2D eigenvalue weighted by Crippen LogP contribution is 2.28. The van der Waals surface area contributed by atoms with Crippen LogP contribution in [0.1, 0.15) is 53.6 Å². The van der Waals surface area contributed by atoms with Crippen LogP contribution in [0.5, 0.6) is 0 Å². The zero-order chi connectivity index (χ0) is 25.8. The first kappa shape index (κ1) is 26.5. The molecule has 0 unspecified atom stereocenters. The van der Waals surface area contributed by atoms with Gasteiger partial charge in [0.15, 0.2) is 5.69 Å². The van der Waals surface area contributed by atoms with E-state index in [1.165, 1.54) is 11.6 Å². The fraction of sp³-hybridized carbons (Fsp3) is 0.346. The fourth-order valence-electron chi connectivity index (χ4n) is 3.52. The van der Waals surface area contributed by atoms with Gasteiger partial charge in [-0.3, -0.25) is 9.78 Å². The molecule has 0 atom stereocenters. The molecule has 0 saturated heterocycles. The Hall–Kier alpha value is -3.13. The van der Waals surface area contributed by atoms with Crippen LogP contribution >= 0.6 is 11.6 Å². The van der Waals surface area contributed by atoms with Gasteiger partial charge in [-0.1, -0.05) is 56.6 Å². The van der Waals surface area contributed by atoms with Gasteiger partial charge >= 0.3 is 6.18 Å². The van der Waals surface area contributed by atoms with Gasteiger partial charge in [-0.2, -0.15) is 13.2 Å². The van der Waals surface area contributed by atoms with E-state index in [1.807, 2.05) is 24.3 Å². The lowest BCUT2D eigenvalue weighted by molar-refractivity contribution is -0.137. The van der Waals surface area contributed by atoms with Crippen molar-refractivity contribution >= 4 is 23.2 Å². The maximum Gasteiger partial charge on any atom is 0.417 e. The molecule has 2 aromatic heterocycles. The number of carbonyl (C=O) groups excluding carboxylic acids is 1. The Balaban J connectivity index is 1.86. The molecule has 35 heavy (non-hydrogen) atoms. The molecule has 9 heteroatoms. The minimum Gasteiger partial charge on any atom is -0.386 e. The zero-order valence-electron chi connectivity index (χ0n) is 20.1. The van der Waals surface area contributed by atoms with E-state index < -0.39 is 11.7 Å². The number of rotatable bonds is 7. The third-order valence-electron chi connectivity index (χ3n) is 5.60. The molecule has 0 fully saturated rings. The molecule has 1 amide bonds. The summed E-state index contributed by atoms with van der Waals surface area (Å²) < 4.78 is 38.6. The van der Waals surface area contributed by atoms with Gasteiger partial charge in [0.25, 0.3) is 5.91 Å². The molecular formula is C26H28ClF3N4O. The molecule has 0 saturated carbocycles. The summed E-state index contributed by atoms with van der Waals surface area (Å²) in [7, 11) is 1.68. The van der Waals surface area contributed by atoms with Crippen LogP contribution in [0.3, 0.4) is 0 Å². The van der Waals surface area contributed by atoms with Crippen LogP contribution in [0.4, 0.5) is 18.9 Å². The number of carbonyl (C=O) groups is 1. The molecule has 2 heterocycles. The molecule has 1 aromatic carbocycles. The molecular weight excluding hydrogens is 477 g/mol. The van der Waals surface area contributed by atoms with Crippen molar-refractivity contribution < 1.29 is 18.0 Å². The Morgan fingerprint density at radius 1 is 1.00 bits per heavy atom. The second-order valence-corrected chi connectivity index (χ2v) is 9.63. The van der Waals surface area contributed by atoms with Crippen LogP contribution in [-0.4, -0.2) is 34.4 Å². The average Bonchev–Trinajstić information content (AvgIpc) is 2.80. The summed E-state index contributed by atoms with van der Waals surface area (Å²) in [5, 5.41) is 3.14. The summed E-state index contributed by atoms with van der Waals surface area (Å²) in [5.74, 6) is -0.344. The number of benzene rings is 1. The number of pyridine rings is 2. The maximum absolute atomic E-state index is 13.5. The fourth-order valence-corrected chi connectivity index (χ4v) is 3.67. The second-order valence-electron chi connectivity index (χ2n) is 9.24. The van der Waals surface area contributed by atoms with E-state index in [-0.39, 0.29) is 35.1 Å². The normalized spacial score (nSPS) is 11.9. The summed E-state index contributed by atoms with van der Waals surface area (Å²) >= 11 is 6.06. The Morgan fingerprint density at radius 3 is 2.20 bits per heavy atom. The minimum atomic E-state index is -4.45. The molecule has 0 aliphatic rings. The van der Waals surface area contributed by atoms with E-state index >= 15 is 0 Å². The molecule has 186 valence electrons. The average molecular weight is 505 g/mol. The SMILES string of the molecule is CNc1ccc(Cl)nc1C(=O)N(CCc1ccc(C(F)(F)F)cn1)Cc1ccc(C(C)(C)C)cc1. The summed E-state index contributed by atoms with van der Waals surface area (Å²) in [6, 6.07) is 13.6. The number of nitrogens with zero attached hydrogens (tertiary/aromatic N) is 3. The van der Waals surface area contributed by atoms with Crippen molar-refractivity contribution in [3.8, 4) is 0 Å². The largest absolute Gasteiger partial charge is 0.417 e. The monoisotopic (exact) mass is 504 g/mol. The number of amides is 1. The number of hydrogen-bond donors (Lipinski definition) is 1. The number of aromatic nitrogens is 2. The van der Waals surface area contributed by atoms with Crippen molar-refractivity contribution in [3.63, 3.8) is 0 Å². The van der Waals surface area contributed by atoms with Gasteiger partial charge in [0, 0.05) is 38.4 Å². The number of halogens is 4. The third-order valence-corrected chi connectivity index (χ3v) is 5.81. The lowest BCUT2D eigenvalue weighted by Gasteiger charge is -2.24. The van der Waals surface area contributed by atoms with Crippen molar-refractivity contribution in [2.45, 2.75) is 45.3 Å². The molecule has 5 nitrogen and oxygen atoms in total. The molecule has 1 N–H and O–H groups in total. The van der Waals surface area contributed by atoms with E-state index in [2.05, 4.69) is 36.1 Å². The smallest absolute Gasteiger partial charge is 0.386 e. The van der Waals surface area contributed by atoms with Crippen LogP contribution in [-0.2, 0) is 24.6 Å². The molecule has 0 spiro atoms. The standard InChI is InChI=1S/C26H28ClF3N4O/c1-25(2,3)18-7-5-17(6-8-18)16-34(24(35)23-21(31-4)11-12-22(27)33-23)14-13-20-10-9-19(15-32-20)26(28,29)30/h5-12,15,31H,13-14,16H2,1-4H3. The van der Waals surface area contributed by atoms with Crippen LogP contribution in [0.2, 0.25) is 5.15 Å². The predicted molar refractivity (Wildman–Crippen MR) is 132 cm³/mol. The highest BCUT2D eigenvalue weighted by atomic mass is 35.5. The highest BCUT2D eigenvalue weighted by molar-refractivity contribution is 6.29. The van der Waals surface area contributed by atoms with Crippen LogP contribution in [0, 0.1) is 0 Å². The van der Waals surface area contributed by atoms with E-state index in [4.69, 9.17) is 11.6 Å². The molecule has 0 radical (unpaired) electrons. The van der Waals surface area contributed by atoms with Crippen LogP contribution < -0.4 is 5.32 Å². The lowest BCUT2D eigenvalue weighted by atomic mass is 9.87. The van der Waals surface area contributed by atoms with Gasteiger partial charge in [-0.15, -0.1) is 0 Å². The second kappa shape index (κ2) is 10.6. The van der Waals surface area contributed by atoms with Crippen LogP contribution in [0.15, 0.2) is 54.7 Å². The lowest BCUT2D eigenvalue weighted by Crippen LogP contribution is -2.33.